The number of carbonyl (C=O) groups excluding carboxylic acids is 2. The van der Waals surface area contributed by atoms with E-state index in [1.165, 1.54) is 41.7 Å². The molecule has 2 N–H and O–H groups in total. The molecule has 0 spiro atoms. The van der Waals surface area contributed by atoms with Gasteiger partial charge in [-0.25, -0.2) is 0 Å². The predicted octanol–water partition coefficient (Wildman–Crippen LogP) is 5.72. The molecule has 0 radical (unpaired) electrons. The van der Waals surface area contributed by atoms with Crippen molar-refractivity contribution < 1.29 is 27.5 Å². The lowest BCUT2D eigenvalue weighted by atomic mass is 10.1. The van der Waals surface area contributed by atoms with Gasteiger partial charge >= 0.3 is 6.18 Å². The summed E-state index contributed by atoms with van der Waals surface area (Å²) in [6.07, 6.45) is -4.55. The van der Waals surface area contributed by atoms with Crippen LogP contribution in [0.5, 0.6) is 5.75 Å². The van der Waals surface area contributed by atoms with Crippen molar-refractivity contribution in [3.63, 3.8) is 0 Å². The molecular weight excluding hydrogens is 467 g/mol. The summed E-state index contributed by atoms with van der Waals surface area (Å²) < 4.78 is 41.6. The molecule has 0 aliphatic heterocycles. The van der Waals surface area contributed by atoms with E-state index in [2.05, 4.69) is 15.4 Å². The van der Waals surface area contributed by atoms with Crippen LogP contribution in [0, 0.1) is 11.3 Å². The van der Waals surface area contributed by atoms with Gasteiger partial charge in [0.2, 0.25) is 0 Å². The van der Waals surface area contributed by atoms with Crippen LogP contribution < -0.4 is 15.4 Å². The van der Waals surface area contributed by atoms with Gasteiger partial charge < -0.3 is 15.4 Å². The Labute approximate surface area is 189 Å². The number of hydrogen-bond acceptors (Lipinski definition) is 5. The van der Waals surface area contributed by atoms with Crippen LogP contribution in [0.1, 0.15) is 25.6 Å². The minimum Gasteiger partial charge on any atom is -0.483 e. The van der Waals surface area contributed by atoms with Gasteiger partial charge in [-0.1, -0.05) is 17.7 Å². The molecule has 11 heteroatoms. The summed E-state index contributed by atoms with van der Waals surface area (Å²) in [5.74, 6) is -1.22. The van der Waals surface area contributed by atoms with Crippen molar-refractivity contribution in [3.8, 4) is 11.8 Å². The van der Waals surface area contributed by atoms with Gasteiger partial charge in [-0.3, -0.25) is 9.59 Å². The van der Waals surface area contributed by atoms with E-state index in [1.807, 2.05) is 0 Å². The lowest BCUT2D eigenvalue weighted by Crippen LogP contribution is -2.19. The minimum absolute atomic E-state index is 0.159. The van der Waals surface area contributed by atoms with Crippen LogP contribution in [-0.4, -0.2) is 24.6 Å². The largest absolute Gasteiger partial charge is 0.483 e. The number of thiophene rings is 1. The number of alkyl halides is 3. The van der Waals surface area contributed by atoms with Crippen LogP contribution in [0.2, 0.25) is 5.02 Å². The molecule has 6 nitrogen and oxygen atoms in total. The quantitative estimate of drug-likeness (QED) is 0.473. The van der Waals surface area contributed by atoms with Crippen LogP contribution in [0.15, 0.2) is 53.9 Å². The number of nitrogens with zero attached hydrogens (tertiary/aromatic N) is 1. The summed E-state index contributed by atoms with van der Waals surface area (Å²) in [4.78, 5) is 25.3. The molecule has 0 unspecified atom stereocenters. The van der Waals surface area contributed by atoms with Crippen LogP contribution in [-0.2, 0) is 0 Å². The molecule has 3 aromatic rings. The fraction of sp³-hybridized carbons (Fsp3) is 0.0952. The van der Waals surface area contributed by atoms with E-state index >= 15 is 0 Å². The molecular formula is C21H13ClF3N3O3S. The molecule has 32 heavy (non-hydrogen) atoms. The van der Waals surface area contributed by atoms with E-state index in [4.69, 9.17) is 11.6 Å². The van der Waals surface area contributed by atoms with Crippen molar-refractivity contribution in [3.05, 3.63) is 74.9 Å². The third kappa shape index (κ3) is 6.00. The molecule has 2 amide bonds. The first-order valence-electron chi connectivity index (χ1n) is 8.86. The Morgan fingerprint density at radius 2 is 1.88 bits per heavy atom. The van der Waals surface area contributed by atoms with E-state index in [1.54, 1.807) is 23.6 Å². The molecule has 0 fully saturated rings. The third-order valence-electron chi connectivity index (χ3n) is 3.97. The standard InChI is InChI=1S/C21H13ClF3N3O3S/c22-15-5-3-12(9-16(15)28-20(30)18-2-1-7-32-18)19(29)27-14-4-6-17(13(8-14)10-26)31-11-21(23,24)25/h1-9H,11H2,(H,27,29)(H,28,30). The molecule has 0 saturated heterocycles. The fourth-order valence-electron chi connectivity index (χ4n) is 2.54. The monoisotopic (exact) mass is 479 g/mol. The summed E-state index contributed by atoms with van der Waals surface area (Å²) >= 11 is 7.36. The van der Waals surface area contributed by atoms with E-state index in [0.717, 1.165) is 6.07 Å². The average Bonchev–Trinajstić information content (AvgIpc) is 3.28. The van der Waals surface area contributed by atoms with Crippen molar-refractivity contribution >= 4 is 46.1 Å². The number of hydrogen-bond donors (Lipinski definition) is 2. The number of anilines is 2. The van der Waals surface area contributed by atoms with E-state index < -0.39 is 18.7 Å². The van der Waals surface area contributed by atoms with Crippen LogP contribution in [0.4, 0.5) is 24.5 Å². The van der Waals surface area contributed by atoms with Crippen molar-refractivity contribution in [2.75, 3.05) is 17.2 Å². The lowest BCUT2D eigenvalue weighted by molar-refractivity contribution is -0.153. The van der Waals surface area contributed by atoms with Gasteiger partial charge in [0.15, 0.2) is 6.61 Å². The lowest BCUT2D eigenvalue weighted by Gasteiger charge is -2.12. The maximum absolute atomic E-state index is 12.6. The number of halogens is 4. The van der Waals surface area contributed by atoms with Gasteiger partial charge in [-0.05, 0) is 47.8 Å². The second kappa shape index (κ2) is 9.72. The number of rotatable bonds is 6. The molecule has 0 aliphatic carbocycles. The number of nitriles is 1. The topological polar surface area (TPSA) is 91.2 Å². The Kier molecular flexibility index (Phi) is 7.02. The first-order chi connectivity index (χ1) is 15.2. The maximum Gasteiger partial charge on any atom is 0.422 e. The Balaban J connectivity index is 1.74. The summed E-state index contributed by atoms with van der Waals surface area (Å²) in [7, 11) is 0. The van der Waals surface area contributed by atoms with Crippen LogP contribution >= 0.6 is 22.9 Å². The first-order valence-corrected chi connectivity index (χ1v) is 10.1. The van der Waals surface area contributed by atoms with Crippen LogP contribution in [0.25, 0.3) is 0 Å². The zero-order valence-corrected chi connectivity index (χ0v) is 17.6. The Hall–Kier alpha value is -3.55. The highest BCUT2D eigenvalue weighted by Crippen LogP contribution is 2.27. The smallest absolute Gasteiger partial charge is 0.422 e. The minimum atomic E-state index is -4.55. The summed E-state index contributed by atoms with van der Waals surface area (Å²) in [6, 6.07) is 13.0. The zero-order chi connectivity index (χ0) is 23.3. The molecule has 2 aromatic carbocycles. The van der Waals surface area contributed by atoms with E-state index in [-0.39, 0.29) is 39.2 Å². The van der Waals surface area contributed by atoms with Gasteiger partial charge in [0, 0.05) is 11.3 Å². The molecule has 1 heterocycles. The predicted molar refractivity (Wildman–Crippen MR) is 114 cm³/mol. The third-order valence-corrected chi connectivity index (χ3v) is 5.17. The second-order valence-electron chi connectivity index (χ2n) is 6.31. The summed E-state index contributed by atoms with van der Waals surface area (Å²) in [5.41, 5.74) is 0.384. The number of nitrogens with one attached hydrogen (secondary N) is 2. The second-order valence-corrected chi connectivity index (χ2v) is 7.66. The number of benzene rings is 2. The molecule has 0 bridgehead atoms. The summed E-state index contributed by atoms with van der Waals surface area (Å²) in [5, 5.41) is 16.3. The van der Waals surface area contributed by atoms with E-state index in [0.29, 0.717) is 4.88 Å². The Bertz CT molecular complexity index is 1190. The van der Waals surface area contributed by atoms with Crippen molar-refractivity contribution in [2.45, 2.75) is 6.18 Å². The number of ether oxygens (including phenoxy) is 1. The van der Waals surface area contributed by atoms with Crippen molar-refractivity contribution in [1.29, 1.82) is 5.26 Å². The summed E-state index contributed by atoms with van der Waals surface area (Å²) in [6.45, 7) is -1.54. The highest BCUT2D eigenvalue weighted by molar-refractivity contribution is 7.12. The Morgan fingerprint density at radius 3 is 2.53 bits per heavy atom. The fourth-order valence-corrected chi connectivity index (χ4v) is 3.32. The Morgan fingerprint density at radius 1 is 1.09 bits per heavy atom. The molecule has 3 rings (SSSR count). The number of carbonyl (C=O) groups is 2. The molecule has 0 aliphatic rings. The molecule has 1 aromatic heterocycles. The van der Waals surface area contributed by atoms with E-state index in [9.17, 15) is 28.0 Å². The van der Waals surface area contributed by atoms with Crippen molar-refractivity contribution in [1.82, 2.24) is 0 Å². The highest BCUT2D eigenvalue weighted by atomic mass is 35.5. The number of amides is 2. The highest BCUT2D eigenvalue weighted by Gasteiger charge is 2.29. The van der Waals surface area contributed by atoms with Gasteiger partial charge in [-0.2, -0.15) is 18.4 Å². The average molecular weight is 480 g/mol. The maximum atomic E-state index is 12.6. The van der Waals surface area contributed by atoms with Crippen LogP contribution in [0.3, 0.4) is 0 Å². The normalized spacial score (nSPS) is 10.8. The van der Waals surface area contributed by atoms with Gasteiger partial charge in [0.25, 0.3) is 11.8 Å². The van der Waals surface area contributed by atoms with Gasteiger partial charge in [0.05, 0.1) is 21.2 Å². The van der Waals surface area contributed by atoms with Crippen molar-refractivity contribution in [2.24, 2.45) is 0 Å². The van der Waals surface area contributed by atoms with Gasteiger partial charge in [0.1, 0.15) is 11.8 Å². The SMILES string of the molecule is N#Cc1cc(NC(=O)c2ccc(Cl)c(NC(=O)c3cccs3)c2)ccc1OCC(F)(F)F. The van der Waals surface area contributed by atoms with Gasteiger partial charge in [-0.15, -0.1) is 11.3 Å². The molecule has 0 saturated carbocycles. The molecule has 0 atom stereocenters. The zero-order valence-electron chi connectivity index (χ0n) is 16.0. The first kappa shape index (κ1) is 23.1. The molecule has 164 valence electrons.